The molecule has 1 aromatic heterocycles. The van der Waals surface area contributed by atoms with Gasteiger partial charge in [-0.2, -0.15) is 4.68 Å². The number of aryl methyl sites for hydroxylation is 1. The predicted octanol–water partition coefficient (Wildman–Crippen LogP) is 1.52. The maximum absolute atomic E-state index is 4.01. The summed E-state index contributed by atoms with van der Waals surface area (Å²) in [7, 11) is 0. The van der Waals surface area contributed by atoms with E-state index in [0.717, 1.165) is 36.7 Å². The molecule has 0 bridgehead atoms. The summed E-state index contributed by atoms with van der Waals surface area (Å²) in [6.45, 7) is 4.11. The van der Waals surface area contributed by atoms with Gasteiger partial charge in [0.05, 0.1) is 5.69 Å². The van der Waals surface area contributed by atoms with Crippen LogP contribution in [0.2, 0.25) is 0 Å². The Morgan fingerprint density at radius 1 is 1.30 bits per heavy atom. The van der Waals surface area contributed by atoms with Crippen LogP contribution in [0.4, 0.5) is 5.69 Å². The molecule has 20 heavy (non-hydrogen) atoms. The number of aromatic nitrogens is 4. The molecule has 1 aliphatic rings. The van der Waals surface area contributed by atoms with Gasteiger partial charge in [0.2, 0.25) is 0 Å². The minimum absolute atomic E-state index is 0.537. The molecule has 1 fully saturated rings. The molecular weight excluding hydrogens is 252 g/mol. The largest absolute Gasteiger partial charge is 0.382 e. The van der Waals surface area contributed by atoms with Gasteiger partial charge in [-0.1, -0.05) is 6.07 Å². The van der Waals surface area contributed by atoms with Crippen LogP contribution in [0.15, 0.2) is 24.3 Å². The summed E-state index contributed by atoms with van der Waals surface area (Å²) in [5.41, 5.74) is 2.12. The molecule has 6 nitrogen and oxygen atoms in total. The van der Waals surface area contributed by atoms with Crippen molar-refractivity contribution in [1.82, 2.24) is 25.5 Å². The highest BCUT2D eigenvalue weighted by molar-refractivity contribution is 5.51. The Morgan fingerprint density at radius 2 is 2.25 bits per heavy atom. The lowest BCUT2D eigenvalue weighted by Gasteiger charge is -2.18. The number of tetrazole rings is 1. The minimum atomic E-state index is 0.537. The van der Waals surface area contributed by atoms with Crippen molar-refractivity contribution in [2.24, 2.45) is 0 Å². The summed E-state index contributed by atoms with van der Waals surface area (Å²) in [4.78, 5) is 0. The van der Waals surface area contributed by atoms with Crippen molar-refractivity contribution in [1.29, 1.82) is 0 Å². The summed E-state index contributed by atoms with van der Waals surface area (Å²) in [6, 6.07) is 8.79. The first-order chi connectivity index (χ1) is 9.83. The van der Waals surface area contributed by atoms with Crippen molar-refractivity contribution < 1.29 is 0 Å². The molecule has 3 rings (SSSR count). The van der Waals surface area contributed by atoms with Crippen LogP contribution in [0.3, 0.4) is 0 Å². The van der Waals surface area contributed by atoms with E-state index in [9.17, 15) is 0 Å². The van der Waals surface area contributed by atoms with Gasteiger partial charge in [0.25, 0.3) is 0 Å². The van der Waals surface area contributed by atoms with Crippen LogP contribution in [0, 0.1) is 6.92 Å². The summed E-state index contributed by atoms with van der Waals surface area (Å²) in [6.07, 6.45) is 3.60. The molecule has 2 aromatic rings. The molecule has 0 amide bonds. The molecule has 0 radical (unpaired) electrons. The second-order valence-electron chi connectivity index (χ2n) is 5.21. The number of rotatable bonds is 3. The van der Waals surface area contributed by atoms with E-state index in [0.29, 0.717) is 6.04 Å². The van der Waals surface area contributed by atoms with Crippen LogP contribution >= 0.6 is 0 Å². The average molecular weight is 272 g/mol. The number of anilines is 1. The molecule has 6 heteroatoms. The number of nitrogens with one attached hydrogen (secondary N) is 2. The smallest absolute Gasteiger partial charge is 0.153 e. The molecule has 2 heterocycles. The van der Waals surface area contributed by atoms with Crippen molar-refractivity contribution in [3.8, 4) is 5.69 Å². The number of benzene rings is 1. The highest BCUT2D eigenvalue weighted by Crippen LogP contribution is 2.18. The van der Waals surface area contributed by atoms with Crippen LogP contribution in [0.25, 0.3) is 5.69 Å². The van der Waals surface area contributed by atoms with Crippen molar-refractivity contribution in [3.63, 3.8) is 0 Å². The number of hydrogen-bond donors (Lipinski definition) is 2. The van der Waals surface area contributed by atoms with Gasteiger partial charge in [-0.15, -0.1) is 5.10 Å². The SMILES string of the molecule is Cc1nnnn1-c1cccc(NC2CCCNCC2)c1. The van der Waals surface area contributed by atoms with E-state index in [4.69, 9.17) is 0 Å². The zero-order valence-electron chi connectivity index (χ0n) is 11.7. The standard InChI is InChI=1S/C14H20N6/c1-11-17-18-19-20(11)14-6-2-4-13(10-14)16-12-5-3-8-15-9-7-12/h2,4,6,10,12,15-16H,3,5,7-9H2,1H3. The van der Waals surface area contributed by atoms with E-state index < -0.39 is 0 Å². The third-order valence-corrected chi connectivity index (χ3v) is 3.66. The van der Waals surface area contributed by atoms with E-state index in [2.05, 4.69) is 38.3 Å². The van der Waals surface area contributed by atoms with Gasteiger partial charge in [-0.3, -0.25) is 0 Å². The Kier molecular flexibility index (Phi) is 3.92. The quantitative estimate of drug-likeness (QED) is 0.887. The van der Waals surface area contributed by atoms with Gasteiger partial charge < -0.3 is 10.6 Å². The second-order valence-corrected chi connectivity index (χ2v) is 5.21. The van der Waals surface area contributed by atoms with Crippen molar-refractivity contribution in [2.45, 2.75) is 32.2 Å². The highest BCUT2D eigenvalue weighted by Gasteiger charge is 2.12. The van der Waals surface area contributed by atoms with E-state index >= 15 is 0 Å². The third kappa shape index (κ3) is 2.96. The molecule has 1 saturated heterocycles. The Labute approximate surface area is 118 Å². The normalized spacial score (nSPS) is 19.6. The van der Waals surface area contributed by atoms with Gasteiger partial charge in [0.15, 0.2) is 5.82 Å². The molecule has 0 spiro atoms. The Balaban J connectivity index is 1.76. The molecule has 1 unspecified atom stereocenters. The maximum Gasteiger partial charge on any atom is 0.153 e. The first kappa shape index (κ1) is 13.1. The Morgan fingerprint density at radius 3 is 3.10 bits per heavy atom. The van der Waals surface area contributed by atoms with Crippen molar-refractivity contribution in [2.75, 3.05) is 18.4 Å². The van der Waals surface area contributed by atoms with Gasteiger partial charge in [0, 0.05) is 11.7 Å². The zero-order valence-corrected chi connectivity index (χ0v) is 11.7. The molecule has 2 N–H and O–H groups in total. The van der Waals surface area contributed by atoms with Gasteiger partial charge in [-0.25, -0.2) is 0 Å². The lowest BCUT2D eigenvalue weighted by Crippen LogP contribution is -2.21. The van der Waals surface area contributed by atoms with Crippen LogP contribution in [0.1, 0.15) is 25.1 Å². The van der Waals surface area contributed by atoms with Crippen LogP contribution in [0.5, 0.6) is 0 Å². The minimum Gasteiger partial charge on any atom is -0.382 e. The monoisotopic (exact) mass is 272 g/mol. The first-order valence-electron chi connectivity index (χ1n) is 7.15. The summed E-state index contributed by atoms with van der Waals surface area (Å²) in [5, 5.41) is 18.7. The van der Waals surface area contributed by atoms with Crippen molar-refractivity contribution >= 4 is 5.69 Å². The average Bonchev–Trinajstić information content (AvgIpc) is 2.72. The zero-order chi connectivity index (χ0) is 13.8. The lowest BCUT2D eigenvalue weighted by atomic mass is 10.1. The van der Waals surface area contributed by atoms with Crippen molar-refractivity contribution in [3.05, 3.63) is 30.1 Å². The highest BCUT2D eigenvalue weighted by atomic mass is 15.5. The van der Waals surface area contributed by atoms with E-state index in [1.807, 2.05) is 19.1 Å². The maximum atomic E-state index is 4.01. The number of hydrogen-bond acceptors (Lipinski definition) is 5. The van der Waals surface area contributed by atoms with Crippen LogP contribution < -0.4 is 10.6 Å². The summed E-state index contributed by atoms with van der Waals surface area (Å²) < 4.78 is 1.75. The van der Waals surface area contributed by atoms with E-state index in [1.54, 1.807) is 4.68 Å². The predicted molar refractivity (Wildman–Crippen MR) is 78.0 cm³/mol. The molecule has 1 aromatic carbocycles. The molecular formula is C14H20N6. The topological polar surface area (TPSA) is 67.7 Å². The summed E-state index contributed by atoms with van der Waals surface area (Å²) in [5.74, 6) is 0.792. The molecule has 1 aliphatic heterocycles. The van der Waals surface area contributed by atoms with Gasteiger partial charge in [0.1, 0.15) is 0 Å². The lowest BCUT2D eigenvalue weighted by molar-refractivity contribution is 0.637. The molecule has 0 saturated carbocycles. The fourth-order valence-corrected chi connectivity index (χ4v) is 2.60. The Bertz CT molecular complexity index is 556. The fraction of sp³-hybridized carbons (Fsp3) is 0.500. The molecule has 0 aliphatic carbocycles. The fourth-order valence-electron chi connectivity index (χ4n) is 2.60. The van der Waals surface area contributed by atoms with Crippen LogP contribution in [-0.2, 0) is 0 Å². The number of nitrogens with zero attached hydrogens (tertiary/aromatic N) is 4. The first-order valence-corrected chi connectivity index (χ1v) is 7.15. The second kappa shape index (κ2) is 6.00. The van der Waals surface area contributed by atoms with E-state index in [-0.39, 0.29) is 0 Å². The van der Waals surface area contributed by atoms with Gasteiger partial charge >= 0.3 is 0 Å². The van der Waals surface area contributed by atoms with Crippen LogP contribution in [-0.4, -0.2) is 39.3 Å². The summed E-state index contributed by atoms with van der Waals surface area (Å²) >= 11 is 0. The van der Waals surface area contributed by atoms with E-state index in [1.165, 1.54) is 12.8 Å². The molecule has 106 valence electrons. The Hall–Kier alpha value is -1.95. The molecule has 1 atom stereocenters. The van der Waals surface area contributed by atoms with Gasteiger partial charge in [-0.05, 0) is 67.9 Å². The third-order valence-electron chi connectivity index (χ3n) is 3.66.